The molecule has 1 N–H and O–H groups in total. The zero-order valence-electron chi connectivity index (χ0n) is 31.6. The summed E-state index contributed by atoms with van der Waals surface area (Å²) in [6.07, 6.45) is 0.794. The van der Waals surface area contributed by atoms with Gasteiger partial charge < -0.3 is 33.9 Å². The van der Waals surface area contributed by atoms with E-state index in [0.717, 1.165) is 34.2 Å². The predicted molar refractivity (Wildman–Crippen MR) is 207 cm³/mol. The average Bonchev–Trinajstić information content (AvgIpc) is 3.88. The maximum Gasteiger partial charge on any atom is 0.508 e. The largest absolute Gasteiger partial charge is 0.508 e. The zero-order chi connectivity index (χ0) is 39.3. The Balaban J connectivity index is 1.33. The molecule has 0 bridgehead atoms. The van der Waals surface area contributed by atoms with E-state index >= 15 is 0 Å². The van der Waals surface area contributed by atoms with Crippen molar-refractivity contribution in [2.45, 2.75) is 96.3 Å². The normalized spacial score (nSPS) is 20.3. The SMILES string of the molecule is Cc1ncsc1-c1ccc([C@H](C)NC(=O)[C@@H]2C[C@@H](OC(=O)OC(C)C(C)SS(C)(=O)=O)CN2C(=O)[C@@H](c2cc(N3CCC(C=O)CC3)no2)C(C)C)cc1. The van der Waals surface area contributed by atoms with Crippen LogP contribution in [0.5, 0.6) is 0 Å². The number of nitrogens with one attached hydrogen (secondary N) is 1. The van der Waals surface area contributed by atoms with E-state index in [9.17, 15) is 27.6 Å². The summed E-state index contributed by atoms with van der Waals surface area (Å²) < 4.78 is 40.3. The van der Waals surface area contributed by atoms with Gasteiger partial charge in [-0.2, -0.15) is 0 Å². The number of piperidine rings is 1. The number of ether oxygens (including phenoxy) is 2. The van der Waals surface area contributed by atoms with Crippen LogP contribution in [0.15, 0.2) is 40.4 Å². The van der Waals surface area contributed by atoms with Gasteiger partial charge in [0.2, 0.25) is 11.8 Å². The number of hydrogen-bond acceptors (Lipinski definition) is 14. The molecule has 0 radical (unpaired) electrons. The van der Waals surface area contributed by atoms with Crippen LogP contribution in [0.25, 0.3) is 10.4 Å². The van der Waals surface area contributed by atoms with E-state index < -0.39 is 56.4 Å². The van der Waals surface area contributed by atoms with Crippen LogP contribution in [0.4, 0.5) is 10.6 Å². The van der Waals surface area contributed by atoms with Crippen LogP contribution in [0.1, 0.15) is 82.9 Å². The van der Waals surface area contributed by atoms with Gasteiger partial charge in [-0.05, 0) is 68.4 Å². The molecule has 2 amide bonds. The highest BCUT2D eigenvalue weighted by molar-refractivity contribution is 8.72. The molecule has 2 fully saturated rings. The Labute approximate surface area is 324 Å². The first-order valence-corrected chi connectivity index (χ1v) is 22.2. The third-order valence-electron chi connectivity index (χ3n) is 9.97. The van der Waals surface area contributed by atoms with Gasteiger partial charge in [0.05, 0.1) is 33.9 Å². The van der Waals surface area contributed by atoms with Crippen molar-refractivity contribution in [1.82, 2.24) is 20.4 Å². The van der Waals surface area contributed by atoms with Crippen molar-refractivity contribution >= 4 is 61.1 Å². The van der Waals surface area contributed by atoms with Crippen LogP contribution in [0, 0.1) is 18.8 Å². The first-order valence-electron chi connectivity index (χ1n) is 18.1. The molecule has 0 spiro atoms. The number of anilines is 1. The fraction of sp³-hybridized carbons (Fsp3) is 0.568. The summed E-state index contributed by atoms with van der Waals surface area (Å²) in [4.78, 5) is 61.6. The van der Waals surface area contributed by atoms with E-state index in [1.807, 2.05) is 56.9 Å². The molecule has 6 atom stereocenters. The Hall–Kier alpha value is -3.96. The molecule has 2 aliphatic rings. The lowest BCUT2D eigenvalue weighted by Crippen LogP contribution is -2.48. The number of aryl methyl sites for hydroxylation is 1. The Kier molecular flexibility index (Phi) is 13.5. The second-order valence-electron chi connectivity index (χ2n) is 14.4. The second kappa shape index (κ2) is 17.7. The van der Waals surface area contributed by atoms with Crippen molar-refractivity contribution in [1.29, 1.82) is 0 Å². The zero-order valence-corrected chi connectivity index (χ0v) is 34.0. The number of rotatable bonds is 14. The molecule has 5 rings (SSSR count). The molecule has 1 aromatic carbocycles. The number of likely N-dealkylation sites (tertiary alicyclic amines) is 1. The third-order valence-corrected chi connectivity index (χ3v) is 13.9. The van der Waals surface area contributed by atoms with E-state index in [4.69, 9.17) is 14.0 Å². The summed E-state index contributed by atoms with van der Waals surface area (Å²) in [6.45, 7) is 12.0. The molecule has 294 valence electrons. The number of hydrogen-bond donors (Lipinski definition) is 1. The van der Waals surface area contributed by atoms with Crippen molar-refractivity contribution < 1.29 is 41.6 Å². The molecule has 54 heavy (non-hydrogen) atoms. The first kappa shape index (κ1) is 41.2. The van der Waals surface area contributed by atoms with Gasteiger partial charge in [0.25, 0.3) is 0 Å². The molecule has 0 saturated carbocycles. The minimum Gasteiger partial charge on any atom is -0.430 e. The highest BCUT2D eigenvalue weighted by Gasteiger charge is 2.45. The highest BCUT2D eigenvalue weighted by atomic mass is 33.1. The molecular formula is C37H49N5O9S3. The Bertz CT molecular complexity index is 1890. The summed E-state index contributed by atoms with van der Waals surface area (Å²) in [5, 5.41) is 6.75. The third kappa shape index (κ3) is 10.2. The Morgan fingerprint density at radius 1 is 1.09 bits per heavy atom. The number of benzene rings is 1. The van der Waals surface area contributed by atoms with Gasteiger partial charge in [-0.15, -0.1) is 11.3 Å². The molecule has 2 aromatic heterocycles. The lowest BCUT2D eigenvalue weighted by Gasteiger charge is -2.30. The lowest BCUT2D eigenvalue weighted by atomic mass is 9.91. The number of carbonyl (C=O) groups excluding carboxylic acids is 4. The number of carbonyl (C=O) groups is 4. The van der Waals surface area contributed by atoms with Crippen molar-refractivity contribution in [2.75, 3.05) is 30.8 Å². The molecule has 14 nitrogen and oxygen atoms in total. The van der Waals surface area contributed by atoms with Gasteiger partial charge in [-0.3, -0.25) is 9.59 Å². The van der Waals surface area contributed by atoms with Gasteiger partial charge in [0, 0.05) is 37.8 Å². The summed E-state index contributed by atoms with van der Waals surface area (Å²) >= 11 is 1.56. The topological polar surface area (TPSA) is 178 Å². The quantitative estimate of drug-likeness (QED) is 0.119. The van der Waals surface area contributed by atoms with E-state index in [1.54, 1.807) is 36.8 Å². The van der Waals surface area contributed by atoms with Crippen LogP contribution in [-0.2, 0) is 32.7 Å². The molecular weight excluding hydrogens is 755 g/mol. The van der Waals surface area contributed by atoms with Crippen molar-refractivity contribution in [3.8, 4) is 10.4 Å². The molecule has 2 aliphatic heterocycles. The monoisotopic (exact) mass is 803 g/mol. The van der Waals surface area contributed by atoms with Crippen molar-refractivity contribution in [3.63, 3.8) is 0 Å². The van der Waals surface area contributed by atoms with Gasteiger partial charge >= 0.3 is 6.16 Å². The highest BCUT2D eigenvalue weighted by Crippen LogP contribution is 2.35. The van der Waals surface area contributed by atoms with Crippen LogP contribution in [-0.4, -0.2) is 97.1 Å². The van der Waals surface area contributed by atoms with E-state index in [0.29, 0.717) is 48.3 Å². The van der Waals surface area contributed by atoms with Crippen LogP contribution >= 0.6 is 22.1 Å². The maximum absolute atomic E-state index is 14.5. The molecule has 3 aromatic rings. The van der Waals surface area contributed by atoms with Crippen molar-refractivity contribution in [3.05, 3.63) is 52.9 Å². The minimum absolute atomic E-state index is 0.0106. The number of thiazole rings is 1. The second-order valence-corrected chi connectivity index (χ2v) is 20.0. The number of nitrogens with zero attached hydrogens (tertiary/aromatic N) is 4. The minimum atomic E-state index is -3.38. The fourth-order valence-electron chi connectivity index (χ4n) is 6.79. The van der Waals surface area contributed by atoms with E-state index in [1.165, 1.54) is 4.90 Å². The maximum atomic E-state index is 14.5. The Morgan fingerprint density at radius 2 is 1.78 bits per heavy atom. The van der Waals surface area contributed by atoms with E-state index in [-0.39, 0.29) is 30.7 Å². The molecule has 2 saturated heterocycles. The van der Waals surface area contributed by atoms with E-state index in [2.05, 4.69) is 15.5 Å². The smallest absolute Gasteiger partial charge is 0.430 e. The summed E-state index contributed by atoms with van der Waals surface area (Å²) in [6, 6.07) is 8.21. The summed E-state index contributed by atoms with van der Waals surface area (Å²) in [7, 11) is -2.71. The van der Waals surface area contributed by atoms with Gasteiger partial charge in [-0.1, -0.05) is 43.3 Å². The summed E-state index contributed by atoms with van der Waals surface area (Å²) in [5.41, 5.74) is 4.63. The van der Waals surface area contributed by atoms with Gasteiger partial charge in [-0.25, -0.2) is 18.2 Å². The fourth-order valence-corrected chi connectivity index (χ4v) is 10.5. The summed E-state index contributed by atoms with van der Waals surface area (Å²) in [5.74, 6) is -0.901. The molecule has 4 heterocycles. The number of aromatic nitrogens is 2. The van der Waals surface area contributed by atoms with Gasteiger partial charge in [0.1, 0.15) is 30.5 Å². The van der Waals surface area contributed by atoms with Gasteiger partial charge in [0.15, 0.2) is 20.4 Å². The first-order chi connectivity index (χ1) is 25.5. The van der Waals surface area contributed by atoms with Crippen molar-refractivity contribution in [2.24, 2.45) is 11.8 Å². The number of aldehydes is 1. The predicted octanol–water partition coefficient (Wildman–Crippen LogP) is 5.73. The Morgan fingerprint density at radius 3 is 2.37 bits per heavy atom. The molecule has 2 unspecified atom stereocenters. The number of amides is 2. The molecule has 17 heteroatoms. The molecule has 0 aliphatic carbocycles. The van der Waals surface area contributed by atoms with Crippen LogP contribution in [0.2, 0.25) is 0 Å². The van der Waals surface area contributed by atoms with Crippen LogP contribution < -0.4 is 10.2 Å². The lowest BCUT2D eigenvalue weighted by molar-refractivity contribution is -0.141. The average molecular weight is 804 g/mol. The standard InChI is InChI=1S/C37H49N5O9S3/c1-21(2)33(31-17-32(40-51-31)41-14-12-26(19-43)13-15-41)36(45)42-18-29(50-37(46)49-24(5)25(6)53-54(7,47)48)16-30(42)35(44)39-22(3)27-8-10-28(11-9-27)34-23(4)38-20-52-34/h8-11,17,19-22,24-26,29-30,33H,12-16,18H2,1-7H3,(H,39,44)/t22-,24?,25?,29+,30-,33+/m0/s1. The van der Waals surface area contributed by atoms with Crippen LogP contribution in [0.3, 0.4) is 0 Å².